The second-order valence-electron chi connectivity index (χ2n) is 12.2. The van der Waals surface area contributed by atoms with Crippen molar-refractivity contribution >= 4 is 82.0 Å². The first kappa shape index (κ1) is 24.8. The molecule has 0 aliphatic rings. The number of hydrogen-bond acceptors (Lipinski definition) is 2. The molecule has 0 unspecified atom stereocenters. The zero-order valence-electron chi connectivity index (χ0n) is 25.2. The molecule has 5 nitrogen and oxygen atoms in total. The van der Waals surface area contributed by atoms with Crippen LogP contribution >= 0.6 is 0 Å². The Morgan fingerprint density at radius 3 is 1.55 bits per heavy atom. The van der Waals surface area contributed by atoms with Crippen molar-refractivity contribution in [1.29, 1.82) is 0 Å². The third-order valence-electron chi connectivity index (χ3n) is 9.85. The van der Waals surface area contributed by atoms with E-state index >= 15 is 0 Å². The number of imidazole rings is 1. The predicted octanol–water partition coefficient (Wildman–Crippen LogP) is 10.4. The first-order valence-corrected chi connectivity index (χ1v) is 15.9. The summed E-state index contributed by atoms with van der Waals surface area (Å²) in [6, 6.07) is 49.8. The second-order valence-corrected chi connectivity index (χ2v) is 12.2. The lowest BCUT2D eigenvalue weighted by atomic mass is 9.96. The van der Waals surface area contributed by atoms with E-state index in [0.717, 1.165) is 49.9 Å². The van der Waals surface area contributed by atoms with E-state index in [0.29, 0.717) is 0 Å². The molecule has 0 fully saturated rings. The summed E-state index contributed by atoms with van der Waals surface area (Å²) in [5.41, 5.74) is 11.0. The lowest BCUT2D eigenvalue weighted by Crippen LogP contribution is -2.00. The van der Waals surface area contributed by atoms with E-state index in [2.05, 4.69) is 158 Å². The van der Waals surface area contributed by atoms with E-state index in [-0.39, 0.29) is 0 Å². The van der Waals surface area contributed by atoms with Crippen molar-refractivity contribution in [1.82, 2.24) is 23.5 Å². The van der Waals surface area contributed by atoms with Crippen molar-refractivity contribution in [3.63, 3.8) is 0 Å². The molecule has 0 spiro atoms. The van der Waals surface area contributed by atoms with Crippen molar-refractivity contribution in [2.24, 2.45) is 0 Å². The van der Waals surface area contributed by atoms with Gasteiger partial charge in [-0.05, 0) is 54.6 Å². The molecule has 0 amide bonds. The summed E-state index contributed by atoms with van der Waals surface area (Å²) in [6.07, 6.45) is 3.92. The maximum Gasteiger partial charge on any atom is 0.147 e. The van der Waals surface area contributed by atoms with Crippen LogP contribution in [-0.2, 0) is 0 Å². The van der Waals surface area contributed by atoms with Gasteiger partial charge in [-0.25, -0.2) is 4.98 Å². The molecule has 47 heavy (non-hydrogen) atoms. The molecule has 0 aliphatic carbocycles. The zero-order valence-corrected chi connectivity index (χ0v) is 25.2. The minimum Gasteiger partial charge on any atom is -0.307 e. The summed E-state index contributed by atoms with van der Waals surface area (Å²) in [5, 5.41) is 8.35. The summed E-state index contributed by atoms with van der Waals surface area (Å²) in [7, 11) is 0. The summed E-state index contributed by atoms with van der Waals surface area (Å²) in [6.45, 7) is 0. The van der Waals surface area contributed by atoms with Crippen LogP contribution in [0.1, 0.15) is 0 Å². The van der Waals surface area contributed by atoms with Crippen LogP contribution in [0.2, 0.25) is 0 Å². The molecule has 0 atom stereocenters. The van der Waals surface area contributed by atoms with Gasteiger partial charge in [0, 0.05) is 55.3 Å². The van der Waals surface area contributed by atoms with E-state index in [4.69, 9.17) is 4.98 Å². The first-order chi connectivity index (χ1) is 23.4. The summed E-state index contributed by atoms with van der Waals surface area (Å²) in [4.78, 5) is 10.1. The fourth-order valence-corrected chi connectivity index (χ4v) is 8.08. The van der Waals surface area contributed by atoms with Gasteiger partial charge in [-0.2, -0.15) is 0 Å². The van der Waals surface area contributed by atoms with Crippen LogP contribution in [0.15, 0.2) is 152 Å². The molecule has 0 saturated heterocycles. The molecule has 5 heterocycles. The molecule has 11 rings (SSSR count). The van der Waals surface area contributed by atoms with Gasteiger partial charge in [0.2, 0.25) is 0 Å². The molecule has 11 aromatic rings. The van der Waals surface area contributed by atoms with E-state index in [9.17, 15) is 0 Å². The molecule has 0 aliphatic heterocycles. The molecular weight excluding hydrogens is 574 g/mol. The molecular formula is C42H25N5. The highest BCUT2D eigenvalue weighted by atomic mass is 15.1. The first-order valence-electron chi connectivity index (χ1n) is 15.9. The molecule has 0 saturated carbocycles. The van der Waals surface area contributed by atoms with Gasteiger partial charge in [-0.3, -0.25) is 9.38 Å². The Morgan fingerprint density at radius 1 is 0.404 bits per heavy atom. The van der Waals surface area contributed by atoms with Crippen LogP contribution in [0.5, 0.6) is 0 Å². The van der Waals surface area contributed by atoms with E-state index < -0.39 is 0 Å². The minimum atomic E-state index is 0.945. The normalized spacial score (nSPS) is 12.3. The monoisotopic (exact) mass is 599 g/mol. The summed E-state index contributed by atoms with van der Waals surface area (Å²) in [5.74, 6) is 0. The third-order valence-corrected chi connectivity index (χ3v) is 9.85. The molecule has 0 bridgehead atoms. The Hall–Kier alpha value is -6.46. The Labute approximate surface area is 268 Å². The number of para-hydroxylation sites is 6. The number of rotatable bonds is 2. The summed E-state index contributed by atoms with van der Waals surface area (Å²) >= 11 is 0. The lowest BCUT2D eigenvalue weighted by Gasteiger charge is -2.15. The fraction of sp³-hybridized carbons (Fsp3) is 0. The van der Waals surface area contributed by atoms with Gasteiger partial charge < -0.3 is 9.13 Å². The van der Waals surface area contributed by atoms with Gasteiger partial charge in [0.15, 0.2) is 0 Å². The average molecular weight is 600 g/mol. The largest absolute Gasteiger partial charge is 0.307 e. The van der Waals surface area contributed by atoms with Crippen molar-refractivity contribution in [2.45, 2.75) is 0 Å². The number of fused-ring (bicyclic) bond motifs is 17. The minimum absolute atomic E-state index is 0.945. The molecule has 5 aromatic heterocycles. The number of hydrogen-bond donors (Lipinski definition) is 0. The maximum atomic E-state index is 5.40. The smallest absolute Gasteiger partial charge is 0.147 e. The van der Waals surface area contributed by atoms with Crippen LogP contribution in [0, 0.1) is 0 Å². The third kappa shape index (κ3) is 3.12. The lowest BCUT2D eigenvalue weighted by molar-refractivity contribution is 1.15. The van der Waals surface area contributed by atoms with Crippen LogP contribution < -0.4 is 0 Å². The van der Waals surface area contributed by atoms with Crippen LogP contribution in [-0.4, -0.2) is 23.5 Å². The van der Waals surface area contributed by atoms with E-state index in [1.807, 2.05) is 12.4 Å². The Bertz CT molecular complexity index is 3060. The van der Waals surface area contributed by atoms with Crippen molar-refractivity contribution < 1.29 is 0 Å². The Morgan fingerprint density at radius 2 is 0.915 bits per heavy atom. The highest BCUT2D eigenvalue weighted by Crippen LogP contribution is 2.49. The number of aromatic nitrogens is 5. The molecule has 0 N–H and O–H groups in total. The quantitative estimate of drug-likeness (QED) is 0.186. The van der Waals surface area contributed by atoms with Crippen molar-refractivity contribution in [3.8, 4) is 11.4 Å². The number of pyridine rings is 2. The molecule has 5 heteroatoms. The SMILES string of the molecule is c1ccc(-n2c3ccccc3c3c4c5ccncc5n5c6ccccc6nc5c4c4c5ccccc5n(-c5ccccc5)c4c32)cc1. The Balaban J connectivity index is 1.59. The number of nitrogens with zero attached hydrogens (tertiary/aromatic N) is 5. The van der Waals surface area contributed by atoms with Gasteiger partial charge in [-0.15, -0.1) is 0 Å². The topological polar surface area (TPSA) is 40.1 Å². The van der Waals surface area contributed by atoms with Crippen molar-refractivity contribution in [3.05, 3.63) is 152 Å². The zero-order chi connectivity index (χ0) is 30.6. The number of benzene rings is 6. The highest BCUT2D eigenvalue weighted by Gasteiger charge is 2.28. The molecule has 218 valence electrons. The standard InChI is InChI=1S/C42H25N5/c1-3-13-26(14-4-1)45-32-20-10-7-17-28(32)37-36-30-23-24-43-25-35(30)47-34-22-12-9-19-31(34)44-42(47)39(36)38-29-18-8-11-21-33(29)46(41(38)40(37)45)27-15-5-2-6-16-27/h1-25H. The average Bonchev–Trinajstić information content (AvgIpc) is 3.81. The van der Waals surface area contributed by atoms with Crippen molar-refractivity contribution in [2.75, 3.05) is 0 Å². The van der Waals surface area contributed by atoms with Crippen LogP contribution in [0.25, 0.3) is 93.3 Å². The second kappa shape index (κ2) is 9.05. The van der Waals surface area contributed by atoms with Gasteiger partial charge in [0.25, 0.3) is 0 Å². The predicted molar refractivity (Wildman–Crippen MR) is 194 cm³/mol. The van der Waals surface area contributed by atoms with E-state index in [1.165, 1.54) is 43.5 Å². The molecule has 6 aromatic carbocycles. The molecule has 0 radical (unpaired) electrons. The van der Waals surface area contributed by atoms with Crippen LogP contribution in [0.3, 0.4) is 0 Å². The highest BCUT2D eigenvalue weighted by molar-refractivity contribution is 6.42. The van der Waals surface area contributed by atoms with Gasteiger partial charge >= 0.3 is 0 Å². The summed E-state index contributed by atoms with van der Waals surface area (Å²) < 4.78 is 7.24. The maximum absolute atomic E-state index is 5.40. The van der Waals surface area contributed by atoms with Gasteiger partial charge in [-0.1, -0.05) is 84.9 Å². The fourth-order valence-electron chi connectivity index (χ4n) is 8.08. The van der Waals surface area contributed by atoms with Gasteiger partial charge in [0.05, 0.1) is 44.8 Å². The van der Waals surface area contributed by atoms with Crippen LogP contribution in [0.4, 0.5) is 0 Å². The van der Waals surface area contributed by atoms with Gasteiger partial charge in [0.1, 0.15) is 5.65 Å². The Kier molecular flexibility index (Phi) is 4.78. The van der Waals surface area contributed by atoms with E-state index in [1.54, 1.807) is 0 Å².